The fraction of sp³-hybridized carbons (Fsp3) is 0.875. The third-order valence-corrected chi connectivity index (χ3v) is 3.66. The van der Waals surface area contributed by atoms with Crippen LogP contribution in [0.4, 0.5) is 0 Å². The maximum absolute atomic E-state index is 5.99. The summed E-state index contributed by atoms with van der Waals surface area (Å²) >= 11 is 0. The van der Waals surface area contributed by atoms with E-state index in [1.807, 2.05) is 6.92 Å². The van der Waals surface area contributed by atoms with E-state index in [-0.39, 0.29) is 5.60 Å². The van der Waals surface area contributed by atoms with Crippen molar-refractivity contribution in [3.8, 4) is 0 Å². The van der Waals surface area contributed by atoms with Gasteiger partial charge in [-0.2, -0.15) is 0 Å². The molecule has 18 heavy (non-hydrogen) atoms. The molecule has 0 aromatic rings. The van der Waals surface area contributed by atoms with Gasteiger partial charge in [0.2, 0.25) is 0 Å². The molecule has 1 unspecified atom stereocenters. The Hall–Kier alpha value is -0.500. The van der Waals surface area contributed by atoms with Crippen molar-refractivity contribution in [3.05, 3.63) is 11.3 Å². The monoisotopic (exact) mass is 256 g/mol. The van der Waals surface area contributed by atoms with E-state index in [4.69, 9.17) is 9.47 Å². The second-order valence-corrected chi connectivity index (χ2v) is 5.93. The Morgan fingerprint density at radius 1 is 1.11 bits per heavy atom. The van der Waals surface area contributed by atoms with E-state index in [0.29, 0.717) is 5.92 Å². The topological polar surface area (TPSA) is 18.5 Å². The zero-order valence-electron chi connectivity index (χ0n) is 13.4. The highest BCUT2D eigenvalue weighted by atomic mass is 16.5. The molecule has 0 radical (unpaired) electrons. The highest BCUT2D eigenvalue weighted by Crippen LogP contribution is 2.23. The number of hydrogen-bond donors (Lipinski definition) is 0. The van der Waals surface area contributed by atoms with Gasteiger partial charge in [0.25, 0.3) is 0 Å². The maximum atomic E-state index is 5.99. The number of unbranched alkanes of at least 4 members (excludes halogenated alkanes) is 2. The Balaban J connectivity index is 4.05. The van der Waals surface area contributed by atoms with Crippen LogP contribution in [0.2, 0.25) is 0 Å². The molecule has 2 heteroatoms. The summed E-state index contributed by atoms with van der Waals surface area (Å²) in [7, 11) is 0. The fourth-order valence-electron chi connectivity index (χ4n) is 1.42. The smallest absolute Gasteiger partial charge is 0.0930 e. The molecule has 2 nitrogen and oxygen atoms in total. The van der Waals surface area contributed by atoms with Gasteiger partial charge in [0.1, 0.15) is 0 Å². The average Bonchev–Trinajstić information content (AvgIpc) is 2.30. The van der Waals surface area contributed by atoms with Gasteiger partial charge < -0.3 is 9.47 Å². The molecule has 0 amide bonds. The van der Waals surface area contributed by atoms with E-state index in [1.165, 1.54) is 18.4 Å². The Bertz CT molecular complexity index is 250. The summed E-state index contributed by atoms with van der Waals surface area (Å²) in [4.78, 5) is 0. The van der Waals surface area contributed by atoms with Crippen molar-refractivity contribution in [2.75, 3.05) is 13.2 Å². The van der Waals surface area contributed by atoms with Crippen LogP contribution in [0, 0.1) is 5.92 Å². The second-order valence-electron chi connectivity index (χ2n) is 5.93. The fourth-order valence-corrected chi connectivity index (χ4v) is 1.42. The highest BCUT2D eigenvalue weighted by molar-refractivity contribution is 4.99. The summed E-state index contributed by atoms with van der Waals surface area (Å²) in [6.45, 7) is 16.5. The summed E-state index contributed by atoms with van der Waals surface area (Å²) in [5.74, 6) is 1.41. The Morgan fingerprint density at radius 3 is 2.22 bits per heavy atom. The van der Waals surface area contributed by atoms with Gasteiger partial charge in [0.05, 0.1) is 18.0 Å². The number of ether oxygens (including phenoxy) is 2. The molecule has 0 spiro atoms. The molecule has 0 heterocycles. The molecular formula is C16H32O2. The molecule has 0 aromatic heterocycles. The van der Waals surface area contributed by atoms with E-state index in [2.05, 4.69) is 41.5 Å². The van der Waals surface area contributed by atoms with E-state index in [9.17, 15) is 0 Å². The normalized spacial score (nSPS) is 13.3. The van der Waals surface area contributed by atoms with Gasteiger partial charge in [-0.25, -0.2) is 0 Å². The summed E-state index contributed by atoms with van der Waals surface area (Å²) in [5, 5.41) is 0. The lowest BCUT2D eigenvalue weighted by atomic mass is 9.93. The zero-order chi connectivity index (χ0) is 14.2. The van der Waals surface area contributed by atoms with Crippen molar-refractivity contribution in [2.45, 2.75) is 73.3 Å². The lowest BCUT2D eigenvalue weighted by Crippen LogP contribution is -2.35. The van der Waals surface area contributed by atoms with Crippen molar-refractivity contribution >= 4 is 0 Å². The number of rotatable bonds is 9. The van der Waals surface area contributed by atoms with Gasteiger partial charge in [0, 0.05) is 12.5 Å². The van der Waals surface area contributed by atoms with Crippen LogP contribution in [-0.4, -0.2) is 18.8 Å². The largest absolute Gasteiger partial charge is 0.498 e. The predicted octanol–water partition coefficient (Wildman–Crippen LogP) is 4.94. The van der Waals surface area contributed by atoms with Gasteiger partial charge in [-0.1, -0.05) is 26.7 Å². The van der Waals surface area contributed by atoms with Gasteiger partial charge in [-0.15, -0.1) is 0 Å². The van der Waals surface area contributed by atoms with Gasteiger partial charge >= 0.3 is 0 Å². The van der Waals surface area contributed by atoms with Crippen LogP contribution in [0.1, 0.15) is 67.7 Å². The number of allylic oxidation sites excluding steroid dienone is 2. The van der Waals surface area contributed by atoms with E-state index in [0.717, 1.165) is 25.4 Å². The molecule has 0 aliphatic heterocycles. The lowest BCUT2D eigenvalue weighted by Gasteiger charge is -2.32. The quantitative estimate of drug-likeness (QED) is 0.430. The molecular weight excluding hydrogens is 224 g/mol. The molecule has 0 aromatic carbocycles. The second kappa shape index (κ2) is 8.58. The molecule has 0 bridgehead atoms. The first-order valence-corrected chi connectivity index (χ1v) is 7.22. The Kier molecular flexibility index (Phi) is 8.34. The van der Waals surface area contributed by atoms with Crippen molar-refractivity contribution in [3.63, 3.8) is 0 Å². The van der Waals surface area contributed by atoms with Crippen LogP contribution in [0.15, 0.2) is 11.3 Å². The Labute approximate surface area is 114 Å². The first-order chi connectivity index (χ1) is 8.31. The molecule has 0 rings (SSSR count). The van der Waals surface area contributed by atoms with Gasteiger partial charge in [-0.3, -0.25) is 0 Å². The van der Waals surface area contributed by atoms with Crippen LogP contribution in [0.3, 0.4) is 0 Å². The minimum Gasteiger partial charge on any atom is -0.498 e. The maximum Gasteiger partial charge on any atom is 0.0930 e. The average molecular weight is 256 g/mol. The van der Waals surface area contributed by atoms with Crippen LogP contribution in [-0.2, 0) is 9.47 Å². The molecule has 108 valence electrons. The van der Waals surface area contributed by atoms with E-state index >= 15 is 0 Å². The van der Waals surface area contributed by atoms with Crippen molar-refractivity contribution in [2.24, 2.45) is 5.92 Å². The minimum atomic E-state index is -0.115. The van der Waals surface area contributed by atoms with Crippen LogP contribution >= 0.6 is 0 Å². The third kappa shape index (κ3) is 7.05. The van der Waals surface area contributed by atoms with Crippen LogP contribution in [0.5, 0.6) is 0 Å². The SMILES string of the molecule is CCCCCOC(C)(C)C(C)COC(C)=C(C)C. The van der Waals surface area contributed by atoms with Crippen molar-refractivity contribution in [1.82, 2.24) is 0 Å². The van der Waals surface area contributed by atoms with Gasteiger partial charge in [-0.05, 0) is 46.6 Å². The molecule has 0 aliphatic carbocycles. The number of hydrogen-bond acceptors (Lipinski definition) is 2. The lowest BCUT2D eigenvalue weighted by molar-refractivity contribution is -0.0727. The van der Waals surface area contributed by atoms with E-state index in [1.54, 1.807) is 0 Å². The van der Waals surface area contributed by atoms with Crippen LogP contribution < -0.4 is 0 Å². The predicted molar refractivity (Wildman–Crippen MR) is 78.7 cm³/mol. The molecule has 1 atom stereocenters. The summed E-state index contributed by atoms with van der Waals surface area (Å²) < 4.78 is 11.8. The molecule has 0 saturated carbocycles. The minimum absolute atomic E-state index is 0.115. The first kappa shape index (κ1) is 17.5. The third-order valence-electron chi connectivity index (χ3n) is 3.66. The Morgan fingerprint density at radius 2 is 1.72 bits per heavy atom. The molecule has 0 fully saturated rings. The molecule has 0 saturated heterocycles. The van der Waals surface area contributed by atoms with E-state index < -0.39 is 0 Å². The van der Waals surface area contributed by atoms with Crippen molar-refractivity contribution < 1.29 is 9.47 Å². The highest BCUT2D eigenvalue weighted by Gasteiger charge is 2.27. The van der Waals surface area contributed by atoms with Crippen molar-refractivity contribution in [1.29, 1.82) is 0 Å². The van der Waals surface area contributed by atoms with Crippen LogP contribution in [0.25, 0.3) is 0 Å². The molecule has 0 N–H and O–H groups in total. The standard InChI is InChI=1S/C16H32O2/c1-8-9-10-11-18-16(6,7)14(4)12-17-15(5)13(2)3/h14H,8-12H2,1-7H3. The zero-order valence-corrected chi connectivity index (χ0v) is 13.4. The summed E-state index contributed by atoms with van der Waals surface area (Å²) in [5.41, 5.74) is 1.12. The summed E-state index contributed by atoms with van der Waals surface area (Å²) in [6.07, 6.45) is 3.64. The first-order valence-electron chi connectivity index (χ1n) is 7.22. The van der Waals surface area contributed by atoms with Gasteiger partial charge in [0.15, 0.2) is 0 Å². The summed E-state index contributed by atoms with van der Waals surface area (Å²) in [6, 6.07) is 0. The molecule has 0 aliphatic rings.